The van der Waals surface area contributed by atoms with Crippen LogP contribution in [0.25, 0.3) is 0 Å². The molecule has 0 fully saturated rings. The maximum Gasteiger partial charge on any atom is 0.251 e. The minimum absolute atomic E-state index is 0.152. The summed E-state index contributed by atoms with van der Waals surface area (Å²) in [7, 11) is 3.00. The first-order valence-electron chi connectivity index (χ1n) is 6.83. The Hall–Kier alpha value is -3.09. The van der Waals surface area contributed by atoms with Gasteiger partial charge in [-0.2, -0.15) is 0 Å². The molecule has 120 valence electrons. The zero-order valence-corrected chi connectivity index (χ0v) is 12.8. The number of rotatable bonds is 6. The maximum absolute atomic E-state index is 12.1. The Morgan fingerprint density at radius 1 is 1.04 bits per heavy atom. The number of aromatic nitrogens is 1. The number of ether oxygens (including phenoxy) is 2. The van der Waals surface area contributed by atoms with Crippen molar-refractivity contribution in [3.05, 3.63) is 48.3 Å². The molecule has 0 bridgehead atoms. The average molecular weight is 315 g/mol. The number of amides is 2. The van der Waals surface area contributed by atoms with Gasteiger partial charge in [0.25, 0.3) is 5.91 Å². The summed E-state index contributed by atoms with van der Waals surface area (Å²) in [4.78, 5) is 27.8. The van der Waals surface area contributed by atoms with Crippen molar-refractivity contribution in [3.8, 4) is 11.5 Å². The van der Waals surface area contributed by atoms with Crippen LogP contribution in [0, 0.1) is 0 Å². The van der Waals surface area contributed by atoms with Gasteiger partial charge < -0.3 is 20.1 Å². The summed E-state index contributed by atoms with van der Waals surface area (Å²) in [6.07, 6.45) is 3.13. The first kappa shape index (κ1) is 16.3. The van der Waals surface area contributed by atoms with Crippen molar-refractivity contribution in [1.29, 1.82) is 0 Å². The Labute approximate surface area is 133 Å². The molecular formula is C16H17N3O4. The van der Waals surface area contributed by atoms with E-state index in [2.05, 4.69) is 15.6 Å². The molecule has 0 aliphatic heterocycles. The van der Waals surface area contributed by atoms with E-state index < -0.39 is 5.91 Å². The number of hydrogen-bond donors (Lipinski definition) is 2. The molecule has 0 unspecified atom stereocenters. The Morgan fingerprint density at radius 3 is 2.22 bits per heavy atom. The van der Waals surface area contributed by atoms with E-state index >= 15 is 0 Å². The van der Waals surface area contributed by atoms with E-state index in [0.29, 0.717) is 22.7 Å². The van der Waals surface area contributed by atoms with Crippen LogP contribution in [0.1, 0.15) is 10.4 Å². The monoisotopic (exact) mass is 315 g/mol. The number of benzene rings is 1. The van der Waals surface area contributed by atoms with Gasteiger partial charge in [-0.3, -0.25) is 14.6 Å². The van der Waals surface area contributed by atoms with Crippen molar-refractivity contribution in [2.45, 2.75) is 0 Å². The number of carbonyl (C=O) groups is 2. The van der Waals surface area contributed by atoms with Crippen molar-refractivity contribution >= 4 is 17.5 Å². The number of nitrogens with one attached hydrogen (secondary N) is 2. The molecule has 7 nitrogen and oxygen atoms in total. The summed E-state index contributed by atoms with van der Waals surface area (Å²) >= 11 is 0. The molecule has 2 N–H and O–H groups in total. The molecule has 0 saturated heterocycles. The molecule has 2 amide bonds. The molecule has 0 spiro atoms. The smallest absolute Gasteiger partial charge is 0.251 e. The second-order valence-corrected chi connectivity index (χ2v) is 4.57. The number of carbonyl (C=O) groups excluding carboxylic acids is 2. The molecule has 23 heavy (non-hydrogen) atoms. The van der Waals surface area contributed by atoms with E-state index in [1.807, 2.05) is 0 Å². The van der Waals surface area contributed by atoms with E-state index in [9.17, 15) is 9.59 Å². The maximum atomic E-state index is 12.1. The van der Waals surface area contributed by atoms with E-state index in [1.165, 1.54) is 14.2 Å². The Kier molecular flexibility index (Phi) is 5.51. The molecular weight excluding hydrogens is 298 g/mol. The van der Waals surface area contributed by atoms with Gasteiger partial charge in [-0.25, -0.2) is 0 Å². The second kappa shape index (κ2) is 7.79. The van der Waals surface area contributed by atoms with Crippen LogP contribution in [-0.2, 0) is 4.79 Å². The number of methoxy groups -OCH3 is 2. The lowest BCUT2D eigenvalue weighted by Gasteiger charge is -2.09. The zero-order chi connectivity index (χ0) is 16.7. The van der Waals surface area contributed by atoms with Crippen molar-refractivity contribution in [3.63, 3.8) is 0 Å². The van der Waals surface area contributed by atoms with Gasteiger partial charge in [0.2, 0.25) is 5.91 Å². The lowest BCUT2D eigenvalue weighted by molar-refractivity contribution is -0.115. The highest BCUT2D eigenvalue weighted by Crippen LogP contribution is 2.22. The van der Waals surface area contributed by atoms with Gasteiger partial charge in [0, 0.05) is 29.7 Å². The molecule has 0 radical (unpaired) electrons. The van der Waals surface area contributed by atoms with Crippen LogP contribution >= 0.6 is 0 Å². The number of hydrogen-bond acceptors (Lipinski definition) is 5. The highest BCUT2D eigenvalue weighted by atomic mass is 16.5. The Bertz CT molecular complexity index is 667. The topological polar surface area (TPSA) is 89.5 Å². The summed E-state index contributed by atoms with van der Waals surface area (Å²) in [5.41, 5.74) is 0.959. The van der Waals surface area contributed by atoms with Crippen LogP contribution in [0.5, 0.6) is 11.5 Å². The van der Waals surface area contributed by atoms with Crippen LogP contribution in [0.15, 0.2) is 42.7 Å². The summed E-state index contributed by atoms with van der Waals surface area (Å²) < 4.78 is 10.2. The molecule has 1 aromatic carbocycles. The predicted molar refractivity (Wildman–Crippen MR) is 84.7 cm³/mol. The standard InChI is InChI=1S/C16H17N3O4/c1-22-13-7-11(8-14(9-13)23-2)16(21)18-10-15(20)19-12-3-5-17-6-4-12/h3-9H,10H2,1-2H3,(H,18,21)(H,17,19,20). The fraction of sp³-hybridized carbons (Fsp3) is 0.188. The van der Waals surface area contributed by atoms with E-state index in [0.717, 1.165) is 0 Å². The molecule has 1 aromatic heterocycles. The number of nitrogens with zero attached hydrogens (tertiary/aromatic N) is 1. The first-order chi connectivity index (χ1) is 11.1. The van der Waals surface area contributed by atoms with Crippen LogP contribution in [0.2, 0.25) is 0 Å². The fourth-order valence-corrected chi connectivity index (χ4v) is 1.84. The molecule has 1 heterocycles. The van der Waals surface area contributed by atoms with Gasteiger partial charge in [-0.1, -0.05) is 0 Å². The van der Waals surface area contributed by atoms with Crippen molar-refractivity contribution in [2.24, 2.45) is 0 Å². The second-order valence-electron chi connectivity index (χ2n) is 4.57. The zero-order valence-electron chi connectivity index (χ0n) is 12.8. The quantitative estimate of drug-likeness (QED) is 0.842. The van der Waals surface area contributed by atoms with Gasteiger partial charge in [0.05, 0.1) is 20.8 Å². The third-order valence-corrected chi connectivity index (χ3v) is 2.99. The number of anilines is 1. The summed E-state index contributed by atoms with van der Waals surface area (Å²) in [5.74, 6) is 0.262. The third-order valence-electron chi connectivity index (χ3n) is 2.99. The normalized spacial score (nSPS) is 9.83. The van der Waals surface area contributed by atoms with E-state index in [4.69, 9.17) is 9.47 Å². The number of pyridine rings is 1. The van der Waals surface area contributed by atoms with Crippen LogP contribution < -0.4 is 20.1 Å². The summed E-state index contributed by atoms with van der Waals surface area (Å²) in [5, 5.41) is 5.19. The van der Waals surface area contributed by atoms with Crippen LogP contribution in [0.4, 0.5) is 5.69 Å². The molecule has 7 heteroatoms. The highest BCUT2D eigenvalue weighted by Gasteiger charge is 2.11. The Balaban J connectivity index is 1.95. The van der Waals surface area contributed by atoms with Crippen LogP contribution in [0.3, 0.4) is 0 Å². The lowest BCUT2D eigenvalue weighted by Crippen LogP contribution is -2.32. The minimum atomic E-state index is -0.396. The third kappa shape index (κ3) is 4.70. The first-order valence-corrected chi connectivity index (χ1v) is 6.83. The molecule has 0 saturated carbocycles. The lowest BCUT2D eigenvalue weighted by atomic mass is 10.2. The van der Waals surface area contributed by atoms with Crippen molar-refractivity contribution in [2.75, 3.05) is 26.1 Å². The minimum Gasteiger partial charge on any atom is -0.497 e. The van der Waals surface area contributed by atoms with Gasteiger partial charge in [-0.05, 0) is 24.3 Å². The van der Waals surface area contributed by atoms with Gasteiger partial charge in [0.1, 0.15) is 11.5 Å². The summed E-state index contributed by atoms with van der Waals surface area (Å²) in [6, 6.07) is 8.11. The molecule has 0 atom stereocenters. The van der Waals surface area contributed by atoms with Crippen molar-refractivity contribution < 1.29 is 19.1 Å². The molecule has 0 aliphatic carbocycles. The molecule has 2 aromatic rings. The van der Waals surface area contributed by atoms with E-state index in [-0.39, 0.29) is 12.5 Å². The molecule has 0 aliphatic rings. The summed E-state index contributed by atoms with van der Waals surface area (Å²) in [6.45, 7) is -0.152. The molecule has 2 rings (SSSR count). The SMILES string of the molecule is COc1cc(OC)cc(C(=O)NCC(=O)Nc2ccncc2)c1. The average Bonchev–Trinajstić information content (AvgIpc) is 2.60. The fourth-order valence-electron chi connectivity index (χ4n) is 1.84. The van der Waals surface area contributed by atoms with Crippen molar-refractivity contribution in [1.82, 2.24) is 10.3 Å². The predicted octanol–water partition coefficient (Wildman–Crippen LogP) is 1.47. The van der Waals surface area contributed by atoms with Gasteiger partial charge >= 0.3 is 0 Å². The van der Waals surface area contributed by atoms with Crippen LogP contribution in [-0.4, -0.2) is 37.6 Å². The van der Waals surface area contributed by atoms with E-state index in [1.54, 1.807) is 42.7 Å². The largest absolute Gasteiger partial charge is 0.497 e. The van der Waals surface area contributed by atoms with Gasteiger partial charge in [0.15, 0.2) is 0 Å². The van der Waals surface area contributed by atoms with Gasteiger partial charge in [-0.15, -0.1) is 0 Å². The Morgan fingerprint density at radius 2 is 1.65 bits per heavy atom. The highest BCUT2D eigenvalue weighted by molar-refractivity contribution is 5.99.